The third-order valence-corrected chi connectivity index (χ3v) is 5.53. The molecule has 0 unspecified atom stereocenters. The van der Waals surface area contributed by atoms with Gasteiger partial charge in [0.05, 0.1) is 18.0 Å². The van der Waals surface area contributed by atoms with Crippen molar-refractivity contribution in [3.8, 4) is 0 Å². The summed E-state index contributed by atoms with van der Waals surface area (Å²) in [4.78, 5) is 15.6. The Kier molecular flexibility index (Phi) is 5.13. The van der Waals surface area contributed by atoms with Crippen LogP contribution >= 0.6 is 11.3 Å². The standard InChI is InChI=1S/C17H23N3O2S/c1-2-13-6-12-23-16(13)17(22)19-8-4-14(5-9-19)15-3-7-18-20(15)10-11-21/h3,6-7,12,14,21H,2,4-5,8-11H2,1H3. The van der Waals surface area contributed by atoms with Crippen LogP contribution in [0.4, 0.5) is 0 Å². The minimum absolute atomic E-state index is 0.101. The van der Waals surface area contributed by atoms with Gasteiger partial charge in [0.25, 0.3) is 5.91 Å². The first-order valence-electron chi connectivity index (χ1n) is 8.22. The number of piperidine rings is 1. The highest BCUT2D eigenvalue weighted by Gasteiger charge is 2.27. The van der Waals surface area contributed by atoms with E-state index >= 15 is 0 Å². The Hall–Kier alpha value is -1.66. The highest BCUT2D eigenvalue weighted by Crippen LogP contribution is 2.29. The lowest BCUT2D eigenvalue weighted by Crippen LogP contribution is -2.38. The molecule has 0 spiro atoms. The van der Waals surface area contributed by atoms with Crippen LogP contribution in [0.2, 0.25) is 0 Å². The van der Waals surface area contributed by atoms with Crippen LogP contribution in [-0.2, 0) is 13.0 Å². The van der Waals surface area contributed by atoms with Crippen LogP contribution in [0, 0.1) is 0 Å². The van der Waals surface area contributed by atoms with Crippen LogP contribution in [0.5, 0.6) is 0 Å². The fourth-order valence-electron chi connectivity index (χ4n) is 3.29. The van der Waals surface area contributed by atoms with Gasteiger partial charge in [-0.3, -0.25) is 9.48 Å². The first kappa shape index (κ1) is 16.2. The van der Waals surface area contributed by atoms with E-state index in [2.05, 4.69) is 18.1 Å². The molecule has 1 aliphatic rings. The Morgan fingerprint density at radius 1 is 1.39 bits per heavy atom. The quantitative estimate of drug-likeness (QED) is 0.915. The van der Waals surface area contributed by atoms with Crippen molar-refractivity contribution >= 4 is 17.2 Å². The number of nitrogens with zero attached hydrogens (tertiary/aromatic N) is 3. The molecule has 0 bridgehead atoms. The average molecular weight is 333 g/mol. The molecule has 1 saturated heterocycles. The fourth-order valence-corrected chi connectivity index (χ4v) is 4.26. The molecule has 0 saturated carbocycles. The number of aliphatic hydroxyl groups is 1. The van der Waals surface area contributed by atoms with Gasteiger partial charge in [0.15, 0.2) is 0 Å². The molecule has 0 aromatic carbocycles. The van der Waals surface area contributed by atoms with Crippen LogP contribution < -0.4 is 0 Å². The number of aromatic nitrogens is 2. The summed E-state index contributed by atoms with van der Waals surface area (Å²) < 4.78 is 1.89. The molecule has 2 aromatic rings. The third kappa shape index (κ3) is 3.33. The Morgan fingerprint density at radius 2 is 2.17 bits per heavy atom. The summed E-state index contributed by atoms with van der Waals surface area (Å²) in [6.07, 6.45) is 4.61. The number of carbonyl (C=O) groups is 1. The maximum atomic E-state index is 12.7. The van der Waals surface area contributed by atoms with E-state index < -0.39 is 0 Å². The molecule has 2 aromatic heterocycles. The smallest absolute Gasteiger partial charge is 0.264 e. The first-order valence-corrected chi connectivity index (χ1v) is 9.10. The maximum Gasteiger partial charge on any atom is 0.264 e. The number of aliphatic hydroxyl groups excluding tert-OH is 1. The van der Waals surface area contributed by atoms with Crippen molar-refractivity contribution in [2.24, 2.45) is 0 Å². The number of carbonyl (C=O) groups excluding carboxylic acids is 1. The van der Waals surface area contributed by atoms with Crippen LogP contribution in [0.3, 0.4) is 0 Å². The summed E-state index contributed by atoms with van der Waals surface area (Å²) in [5.74, 6) is 0.598. The van der Waals surface area contributed by atoms with E-state index in [0.717, 1.165) is 42.8 Å². The topological polar surface area (TPSA) is 58.4 Å². The number of rotatable bonds is 5. The molecule has 1 N–H and O–H groups in total. The van der Waals surface area contributed by atoms with Crippen molar-refractivity contribution in [1.29, 1.82) is 0 Å². The Balaban J connectivity index is 1.64. The third-order valence-electron chi connectivity index (χ3n) is 4.58. The van der Waals surface area contributed by atoms with Crippen LogP contribution in [-0.4, -0.2) is 45.4 Å². The zero-order valence-corrected chi connectivity index (χ0v) is 14.3. The normalized spacial score (nSPS) is 16.0. The molecule has 124 valence electrons. The number of likely N-dealkylation sites (tertiary alicyclic amines) is 1. The van der Waals surface area contributed by atoms with Crippen molar-refractivity contribution in [2.45, 2.75) is 38.6 Å². The van der Waals surface area contributed by atoms with E-state index in [9.17, 15) is 4.79 Å². The van der Waals surface area contributed by atoms with Gasteiger partial charge in [0, 0.05) is 30.9 Å². The lowest BCUT2D eigenvalue weighted by Gasteiger charge is -2.32. The predicted molar refractivity (Wildman–Crippen MR) is 90.9 cm³/mol. The molecule has 0 atom stereocenters. The molecular formula is C17H23N3O2S. The minimum atomic E-state index is 0.101. The van der Waals surface area contributed by atoms with Gasteiger partial charge >= 0.3 is 0 Å². The lowest BCUT2D eigenvalue weighted by molar-refractivity contribution is 0.0715. The molecule has 1 amide bonds. The molecular weight excluding hydrogens is 310 g/mol. The second-order valence-corrected chi connectivity index (χ2v) is 6.81. The van der Waals surface area contributed by atoms with E-state index in [-0.39, 0.29) is 12.5 Å². The van der Waals surface area contributed by atoms with Gasteiger partial charge in [0.1, 0.15) is 0 Å². The van der Waals surface area contributed by atoms with Crippen LogP contribution in [0.25, 0.3) is 0 Å². The highest BCUT2D eigenvalue weighted by molar-refractivity contribution is 7.12. The SMILES string of the molecule is CCc1ccsc1C(=O)N1CCC(c2ccnn2CCO)CC1. The highest BCUT2D eigenvalue weighted by atomic mass is 32.1. The first-order chi connectivity index (χ1) is 11.2. The number of hydrogen-bond donors (Lipinski definition) is 1. The van der Waals surface area contributed by atoms with Crippen LogP contribution in [0.1, 0.15) is 46.6 Å². The summed E-state index contributed by atoms with van der Waals surface area (Å²) in [7, 11) is 0. The summed E-state index contributed by atoms with van der Waals surface area (Å²) in [6.45, 7) is 4.30. The lowest BCUT2D eigenvalue weighted by atomic mass is 9.93. The number of thiophene rings is 1. The molecule has 1 fully saturated rings. The van der Waals surface area contributed by atoms with Crippen molar-refractivity contribution in [3.05, 3.63) is 39.8 Å². The second-order valence-electron chi connectivity index (χ2n) is 5.90. The summed E-state index contributed by atoms with van der Waals surface area (Å²) in [6, 6.07) is 4.09. The van der Waals surface area contributed by atoms with Gasteiger partial charge in [-0.05, 0) is 42.3 Å². The fraction of sp³-hybridized carbons (Fsp3) is 0.529. The zero-order chi connectivity index (χ0) is 16.2. The molecule has 0 radical (unpaired) electrons. The van der Waals surface area contributed by atoms with Crippen molar-refractivity contribution in [1.82, 2.24) is 14.7 Å². The van der Waals surface area contributed by atoms with Gasteiger partial charge in [-0.15, -0.1) is 11.3 Å². The summed E-state index contributed by atoms with van der Waals surface area (Å²) in [5.41, 5.74) is 2.33. The van der Waals surface area contributed by atoms with E-state index in [1.54, 1.807) is 17.5 Å². The van der Waals surface area contributed by atoms with E-state index in [4.69, 9.17) is 5.11 Å². The van der Waals surface area contributed by atoms with Crippen molar-refractivity contribution in [3.63, 3.8) is 0 Å². The molecule has 23 heavy (non-hydrogen) atoms. The minimum Gasteiger partial charge on any atom is -0.394 e. The number of aryl methyl sites for hydroxylation is 1. The molecule has 5 nitrogen and oxygen atoms in total. The molecule has 6 heteroatoms. The van der Waals surface area contributed by atoms with E-state index in [1.165, 1.54) is 5.69 Å². The van der Waals surface area contributed by atoms with Crippen molar-refractivity contribution < 1.29 is 9.90 Å². The molecule has 1 aliphatic heterocycles. The van der Waals surface area contributed by atoms with E-state index in [1.807, 2.05) is 21.0 Å². The van der Waals surface area contributed by atoms with Crippen LogP contribution in [0.15, 0.2) is 23.7 Å². The van der Waals surface area contributed by atoms with Gasteiger partial charge < -0.3 is 10.0 Å². The van der Waals surface area contributed by atoms with Crippen molar-refractivity contribution in [2.75, 3.05) is 19.7 Å². The Labute approximate surface area is 140 Å². The second kappa shape index (κ2) is 7.27. The van der Waals surface area contributed by atoms with Gasteiger partial charge in [-0.1, -0.05) is 6.92 Å². The van der Waals surface area contributed by atoms with Gasteiger partial charge in [0.2, 0.25) is 0 Å². The van der Waals surface area contributed by atoms with Gasteiger partial charge in [-0.25, -0.2) is 0 Å². The maximum absolute atomic E-state index is 12.7. The molecule has 0 aliphatic carbocycles. The van der Waals surface area contributed by atoms with Gasteiger partial charge in [-0.2, -0.15) is 5.10 Å². The monoisotopic (exact) mass is 333 g/mol. The summed E-state index contributed by atoms with van der Waals surface area (Å²) >= 11 is 1.55. The largest absolute Gasteiger partial charge is 0.394 e. The Bertz CT molecular complexity index is 656. The average Bonchev–Trinajstić information content (AvgIpc) is 3.23. The Morgan fingerprint density at radius 3 is 2.87 bits per heavy atom. The predicted octanol–water partition coefficient (Wildman–Crippen LogP) is 2.52. The zero-order valence-electron chi connectivity index (χ0n) is 13.4. The number of amides is 1. The molecule has 3 rings (SSSR count). The summed E-state index contributed by atoms with van der Waals surface area (Å²) in [5, 5.41) is 15.4. The molecule has 3 heterocycles. The van der Waals surface area contributed by atoms with E-state index in [0.29, 0.717) is 12.5 Å². The number of hydrogen-bond acceptors (Lipinski definition) is 4.